The first-order chi connectivity index (χ1) is 16.0. The molecule has 2 heterocycles. The highest BCUT2D eigenvalue weighted by atomic mass is 16.5. The Morgan fingerprint density at radius 2 is 1.58 bits per heavy atom. The van der Waals surface area contributed by atoms with Gasteiger partial charge in [0.2, 0.25) is 0 Å². The maximum Gasteiger partial charge on any atom is 0.344 e. The summed E-state index contributed by atoms with van der Waals surface area (Å²) in [5.74, 6) is -0.142. The fraction of sp³-hybridized carbons (Fsp3) is 0.370. The van der Waals surface area contributed by atoms with E-state index in [9.17, 15) is 4.79 Å². The van der Waals surface area contributed by atoms with Crippen molar-refractivity contribution < 1.29 is 9.53 Å². The summed E-state index contributed by atoms with van der Waals surface area (Å²) in [6, 6.07) is 13.8. The van der Waals surface area contributed by atoms with Crippen LogP contribution in [0.4, 0.5) is 5.82 Å². The van der Waals surface area contributed by atoms with Crippen molar-refractivity contribution in [2.24, 2.45) is 0 Å². The standard InChI is InChI=1S/C27H32N4O2/c1-4-5-6-7-8-11-14-33-27(32)23-24-26(30-22-13-10-9-12-21(22)29-24)31(25(23)28)20-16-18(2)15-19(3)17-20/h9-10,12-13,15-17H,4-8,11,14,28H2,1-3H3. The Bertz CT molecular complexity index is 1270. The van der Waals surface area contributed by atoms with Crippen molar-refractivity contribution in [2.45, 2.75) is 59.3 Å². The molecule has 4 aromatic rings. The molecule has 0 aliphatic carbocycles. The van der Waals surface area contributed by atoms with Gasteiger partial charge in [-0.1, -0.05) is 57.2 Å². The number of para-hydroxylation sites is 2. The van der Waals surface area contributed by atoms with Crippen LogP contribution in [-0.4, -0.2) is 27.1 Å². The third-order valence-electron chi connectivity index (χ3n) is 5.90. The number of carbonyl (C=O) groups is 1. The largest absolute Gasteiger partial charge is 0.462 e. The van der Waals surface area contributed by atoms with Crippen molar-refractivity contribution in [1.82, 2.24) is 14.5 Å². The summed E-state index contributed by atoms with van der Waals surface area (Å²) < 4.78 is 7.45. The second kappa shape index (κ2) is 10.0. The fourth-order valence-corrected chi connectivity index (χ4v) is 4.32. The Morgan fingerprint density at radius 3 is 2.27 bits per heavy atom. The molecular weight excluding hydrogens is 412 g/mol. The second-order valence-corrected chi connectivity index (χ2v) is 8.73. The number of nitrogens with two attached hydrogens (primary N) is 1. The zero-order valence-corrected chi connectivity index (χ0v) is 19.7. The third-order valence-corrected chi connectivity index (χ3v) is 5.90. The molecule has 0 amide bonds. The topological polar surface area (TPSA) is 83.0 Å². The summed E-state index contributed by atoms with van der Waals surface area (Å²) in [4.78, 5) is 22.7. The lowest BCUT2D eigenvalue weighted by Gasteiger charge is -2.10. The van der Waals surface area contributed by atoms with Crippen molar-refractivity contribution in [3.63, 3.8) is 0 Å². The number of benzene rings is 2. The number of rotatable bonds is 9. The molecule has 0 spiro atoms. The van der Waals surface area contributed by atoms with E-state index in [1.807, 2.05) is 54.8 Å². The van der Waals surface area contributed by atoms with Gasteiger partial charge in [0.05, 0.1) is 17.6 Å². The average Bonchev–Trinajstić information content (AvgIpc) is 3.06. The van der Waals surface area contributed by atoms with E-state index in [0.29, 0.717) is 29.1 Å². The Hall–Kier alpha value is -3.41. The number of unbranched alkanes of at least 4 members (excludes halogenated alkanes) is 5. The highest BCUT2D eigenvalue weighted by Gasteiger charge is 2.26. The van der Waals surface area contributed by atoms with Gasteiger partial charge in [-0.05, 0) is 55.7 Å². The van der Waals surface area contributed by atoms with Crippen molar-refractivity contribution in [2.75, 3.05) is 12.3 Å². The third kappa shape index (κ3) is 4.85. The van der Waals surface area contributed by atoms with Crippen LogP contribution in [0.3, 0.4) is 0 Å². The van der Waals surface area contributed by atoms with Crippen molar-refractivity contribution >= 4 is 34.0 Å². The minimum absolute atomic E-state index is 0.286. The minimum atomic E-state index is -0.446. The summed E-state index contributed by atoms with van der Waals surface area (Å²) in [6.07, 6.45) is 6.76. The number of fused-ring (bicyclic) bond motifs is 2. The quantitative estimate of drug-likeness (QED) is 0.242. The molecule has 0 aliphatic heterocycles. The molecule has 0 fully saturated rings. The summed E-state index contributed by atoms with van der Waals surface area (Å²) >= 11 is 0. The molecule has 0 unspecified atom stereocenters. The number of aromatic nitrogens is 3. The summed E-state index contributed by atoms with van der Waals surface area (Å²) in [5.41, 5.74) is 12.4. The predicted octanol–water partition coefficient (Wildman–Crippen LogP) is 6.29. The van der Waals surface area contributed by atoms with E-state index in [2.05, 4.69) is 13.0 Å². The van der Waals surface area contributed by atoms with E-state index in [1.54, 1.807) is 0 Å². The maximum atomic E-state index is 13.1. The molecule has 0 radical (unpaired) electrons. The Balaban J connectivity index is 1.72. The zero-order valence-electron chi connectivity index (χ0n) is 19.7. The normalized spacial score (nSPS) is 11.4. The van der Waals surface area contributed by atoms with Gasteiger partial charge in [-0.15, -0.1) is 0 Å². The molecule has 0 bridgehead atoms. The van der Waals surface area contributed by atoms with Crippen LogP contribution < -0.4 is 5.73 Å². The monoisotopic (exact) mass is 444 g/mol. The number of anilines is 1. The molecule has 33 heavy (non-hydrogen) atoms. The number of esters is 1. The number of nitrogen functional groups attached to an aromatic ring is 1. The Labute approximate surface area is 194 Å². The second-order valence-electron chi connectivity index (χ2n) is 8.73. The zero-order chi connectivity index (χ0) is 23.4. The molecule has 2 N–H and O–H groups in total. The van der Waals surface area contributed by atoms with Crippen LogP contribution in [0.2, 0.25) is 0 Å². The van der Waals surface area contributed by atoms with Gasteiger partial charge in [0, 0.05) is 5.69 Å². The first-order valence-electron chi connectivity index (χ1n) is 11.8. The van der Waals surface area contributed by atoms with Crippen LogP contribution in [0, 0.1) is 13.8 Å². The van der Waals surface area contributed by atoms with E-state index in [0.717, 1.165) is 41.6 Å². The molecule has 6 nitrogen and oxygen atoms in total. The van der Waals surface area contributed by atoms with Gasteiger partial charge >= 0.3 is 5.97 Å². The Morgan fingerprint density at radius 1 is 0.939 bits per heavy atom. The number of ether oxygens (including phenoxy) is 1. The highest BCUT2D eigenvalue weighted by Crippen LogP contribution is 2.32. The van der Waals surface area contributed by atoms with Gasteiger partial charge in [-0.2, -0.15) is 0 Å². The summed E-state index contributed by atoms with van der Waals surface area (Å²) in [6.45, 7) is 6.65. The van der Waals surface area contributed by atoms with Crippen LogP contribution in [0.15, 0.2) is 42.5 Å². The number of hydrogen-bond donors (Lipinski definition) is 1. The molecule has 0 atom stereocenters. The number of nitrogens with zero attached hydrogens (tertiary/aromatic N) is 3. The molecule has 2 aromatic carbocycles. The molecule has 4 rings (SSSR count). The molecule has 0 saturated carbocycles. The predicted molar refractivity (Wildman–Crippen MR) is 134 cm³/mol. The van der Waals surface area contributed by atoms with E-state index >= 15 is 0 Å². The SMILES string of the molecule is CCCCCCCCOC(=O)c1c(N)n(-c2cc(C)cc(C)c2)c2nc3ccccc3nc12. The molecule has 172 valence electrons. The van der Waals surface area contributed by atoms with Gasteiger partial charge in [0.25, 0.3) is 0 Å². The first kappa shape index (κ1) is 22.8. The van der Waals surface area contributed by atoms with Crippen LogP contribution >= 0.6 is 0 Å². The van der Waals surface area contributed by atoms with Crippen LogP contribution in [0.5, 0.6) is 0 Å². The molecule has 6 heteroatoms. The molecule has 2 aromatic heterocycles. The van der Waals surface area contributed by atoms with Gasteiger partial charge in [-0.25, -0.2) is 14.8 Å². The lowest BCUT2D eigenvalue weighted by molar-refractivity contribution is 0.0501. The van der Waals surface area contributed by atoms with Gasteiger partial charge in [0.1, 0.15) is 16.9 Å². The smallest absolute Gasteiger partial charge is 0.344 e. The maximum absolute atomic E-state index is 13.1. The number of carbonyl (C=O) groups excluding carboxylic acids is 1. The number of hydrogen-bond acceptors (Lipinski definition) is 5. The molecule has 0 aliphatic rings. The van der Waals surface area contributed by atoms with Crippen molar-refractivity contribution in [3.05, 3.63) is 59.2 Å². The summed E-state index contributed by atoms with van der Waals surface area (Å²) in [7, 11) is 0. The summed E-state index contributed by atoms with van der Waals surface area (Å²) in [5, 5.41) is 0. The van der Waals surface area contributed by atoms with Crippen LogP contribution in [0.1, 0.15) is 66.9 Å². The van der Waals surface area contributed by atoms with E-state index in [4.69, 9.17) is 20.4 Å². The molecule has 0 saturated heterocycles. The highest BCUT2D eigenvalue weighted by molar-refractivity contribution is 6.09. The van der Waals surface area contributed by atoms with Gasteiger partial charge < -0.3 is 10.5 Å². The van der Waals surface area contributed by atoms with Crippen LogP contribution in [-0.2, 0) is 4.74 Å². The van der Waals surface area contributed by atoms with Gasteiger partial charge in [-0.3, -0.25) is 4.57 Å². The van der Waals surface area contributed by atoms with Crippen molar-refractivity contribution in [1.29, 1.82) is 0 Å². The first-order valence-corrected chi connectivity index (χ1v) is 11.8. The number of aryl methyl sites for hydroxylation is 2. The van der Waals surface area contributed by atoms with Crippen LogP contribution in [0.25, 0.3) is 27.9 Å². The lowest BCUT2D eigenvalue weighted by atomic mass is 10.1. The lowest BCUT2D eigenvalue weighted by Crippen LogP contribution is -2.10. The average molecular weight is 445 g/mol. The van der Waals surface area contributed by atoms with Gasteiger partial charge in [0.15, 0.2) is 5.65 Å². The molecular formula is C27H32N4O2. The fourth-order valence-electron chi connectivity index (χ4n) is 4.32. The van der Waals surface area contributed by atoms with E-state index in [-0.39, 0.29) is 5.56 Å². The Kier molecular flexibility index (Phi) is 6.92. The minimum Gasteiger partial charge on any atom is -0.462 e. The van der Waals surface area contributed by atoms with E-state index in [1.165, 1.54) is 19.3 Å². The van der Waals surface area contributed by atoms with Crippen molar-refractivity contribution in [3.8, 4) is 5.69 Å². The van der Waals surface area contributed by atoms with E-state index < -0.39 is 5.97 Å².